The van der Waals surface area contributed by atoms with Gasteiger partial charge in [0.25, 0.3) is 0 Å². The fraction of sp³-hybridized carbons (Fsp3) is 0.917. The maximum Gasteiger partial charge on any atom is 0.234 e. The van der Waals surface area contributed by atoms with Crippen molar-refractivity contribution in [3.63, 3.8) is 0 Å². The Bertz CT molecular complexity index is 202. The second-order valence-corrected chi connectivity index (χ2v) is 4.48. The van der Waals surface area contributed by atoms with Gasteiger partial charge in [0.15, 0.2) is 0 Å². The number of hydrogen-bond acceptors (Lipinski definition) is 3. The van der Waals surface area contributed by atoms with Crippen LogP contribution in [0.2, 0.25) is 0 Å². The molecule has 0 aromatic heterocycles. The van der Waals surface area contributed by atoms with Gasteiger partial charge in [-0.15, -0.1) is 0 Å². The van der Waals surface area contributed by atoms with Crippen molar-refractivity contribution in [2.45, 2.75) is 39.2 Å². The molecule has 0 saturated carbocycles. The van der Waals surface area contributed by atoms with Crippen molar-refractivity contribution in [1.29, 1.82) is 0 Å². The minimum Gasteiger partial charge on any atom is -0.355 e. The summed E-state index contributed by atoms with van der Waals surface area (Å²) in [4.78, 5) is 13.8. The first-order valence-electron chi connectivity index (χ1n) is 6.48. The SMILES string of the molecule is CCCN(CC(=O)NCC)CC1CCCN1. The summed E-state index contributed by atoms with van der Waals surface area (Å²) in [5.41, 5.74) is 0. The van der Waals surface area contributed by atoms with Gasteiger partial charge in [-0.05, 0) is 39.3 Å². The molecule has 1 atom stereocenters. The molecule has 1 unspecified atom stereocenters. The Morgan fingerprint density at radius 2 is 2.31 bits per heavy atom. The number of carbonyl (C=O) groups is 1. The molecule has 0 radical (unpaired) electrons. The van der Waals surface area contributed by atoms with Crippen LogP contribution in [0.1, 0.15) is 33.1 Å². The smallest absolute Gasteiger partial charge is 0.234 e. The van der Waals surface area contributed by atoms with Crippen molar-refractivity contribution in [3.8, 4) is 0 Å². The van der Waals surface area contributed by atoms with E-state index in [1.807, 2.05) is 6.92 Å². The van der Waals surface area contributed by atoms with Crippen LogP contribution in [-0.4, -0.2) is 49.6 Å². The molecular weight excluding hydrogens is 202 g/mol. The lowest BCUT2D eigenvalue weighted by Gasteiger charge is -2.24. The number of rotatable bonds is 7. The van der Waals surface area contributed by atoms with Gasteiger partial charge in [0.2, 0.25) is 5.91 Å². The van der Waals surface area contributed by atoms with Crippen molar-refractivity contribution < 1.29 is 4.79 Å². The van der Waals surface area contributed by atoms with E-state index in [-0.39, 0.29) is 5.91 Å². The lowest BCUT2D eigenvalue weighted by Crippen LogP contribution is -2.43. The average molecular weight is 227 g/mol. The molecular formula is C12H25N3O. The van der Waals surface area contributed by atoms with E-state index in [4.69, 9.17) is 0 Å². The minimum absolute atomic E-state index is 0.147. The van der Waals surface area contributed by atoms with Gasteiger partial charge in [-0.25, -0.2) is 0 Å². The first kappa shape index (κ1) is 13.5. The number of nitrogens with one attached hydrogen (secondary N) is 2. The number of carbonyl (C=O) groups excluding carboxylic acids is 1. The van der Waals surface area contributed by atoms with Gasteiger partial charge in [0, 0.05) is 19.1 Å². The molecule has 1 aliphatic rings. The van der Waals surface area contributed by atoms with E-state index in [0.717, 1.165) is 32.6 Å². The van der Waals surface area contributed by atoms with E-state index in [0.29, 0.717) is 12.6 Å². The normalized spacial score (nSPS) is 20.3. The zero-order valence-electron chi connectivity index (χ0n) is 10.6. The molecule has 0 bridgehead atoms. The summed E-state index contributed by atoms with van der Waals surface area (Å²) in [7, 11) is 0. The third-order valence-electron chi connectivity index (χ3n) is 2.92. The molecule has 94 valence electrons. The fourth-order valence-corrected chi connectivity index (χ4v) is 2.23. The van der Waals surface area contributed by atoms with E-state index in [2.05, 4.69) is 22.5 Å². The Balaban J connectivity index is 2.30. The second kappa shape index (κ2) is 7.63. The molecule has 1 rings (SSSR count). The number of likely N-dealkylation sites (N-methyl/N-ethyl adjacent to an activating group) is 1. The molecule has 0 aliphatic carbocycles. The van der Waals surface area contributed by atoms with Crippen LogP contribution in [0, 0.1) is 0 Å². The highest BCUT2D eigenvalue weighted by atomic mass is 16.2. The van der Waals surface area contributed by atoms with E-state index < -0.39 is 0 Å². The lowest BCUT2D eigenvalue weighted by atomic mass is 10.2. The fourth-order valence-electron chi connectivity index (χ4n) is 2.23. The van der Waals surface area contributed by atoms with Gasteiger partial charge < -0.3 is 10.6 Å². The number of hydrogen-bond donors (Lipinski definition) is 2. The van der Waals surface area contributed by atoms with Gasteiger partial charge in [-0.1, -0.05) is 6.92 Å². The molecule has 4 nitrogen and oxygen atoms in total. The van der Waals surface area contributed by atoms with Gasteiger partial charge in [-0.3, -0.25) is 9.69 Å². The summed E-state index contributed by atoms with van der Waals surface area (Å²) in [5.74, 6) is 0.147. The van der Waals surface area contributed by atoms with Gasteiger partial charge >= 0.3 is 0 Å². The Morgan fingerprint density at radius 1 is 1.50 bits per heavy atom. The molecule has 1 saturated heterocycles. The van der Waals surface area contributed by atoms with Crippen LogP contribution < -0.4 is 10.6 Å². The van der Waals surface area contributed by atoms with Crippen LogP contribution in [-0.2, 0) is 4.79 Å². The van der Waals surface area contributed by atoms with Crippen molar-refractivity contribution in [3.05, 3.63) is 0 Å². The summed E-state index contributed by atoms with van der Waals surface area (Å²) in [6.07, 6.45) is 3.62. The number of amides is 1. The maximum absolute atomic E-state index is 11.5. The van der Waals surface area contributed by atoms with Crippen molar-refractivity contribution >= 4 is 5.91 Å². The van der Waals surface area contributed by atoms with Crippen LogP contribution >= 0.6 is 0 Å². The standard InChI is InChI=1S/C12H25N3O/c1-3-8-15(10-12(16)13-4-2)9-11-6-5-7-14-11/h11,14H,3-10H2,1-2H3,(H,13,16). The largest absolute Gasteiger partial charge is 0.355 e. The molecule has 0 aromatic rings. The van der Waals surface area contributed by atoms with Crippen molar-refractivity contribution in [1.82, 2.24) is 15.5 Å². The molecule has 1 aliphatic heterocycles. The molecule has 1 fully saturated rings. The third-order valence-corrected chi connectivity index (χ3v) is 2.92. The zero-order valence-corrected chi connectivity index (χ0v) is 10.6. The van der Waals surface area contributed by atoms with E-state index >= 15 is 0 Å². The molecule has 0 aromatic carbocycles. The molecule has 16 heavy (non-hydrogen) atoms. The van der Waals surface area contributed by atoms with Gasteiger partial charge in [0.05, 0.1) is 6.54 Å². The van der Waals surface area contributed by atoms with Crippen molar-refractivity contribution in [2.75, 3.05) is 32.7 Å². The molecule has 4 heteroatoms. The van der Waals surface area contributed by atoms with Crippen LogP contribution in [0.3, 0.4) is 0 Å². The van der Waals surface area contributed by atoms with Crippen LogP contribution in [0.15, 0.2) is 0 Å². The predicted octanol–water partition coefficient (Wildman–Crippen LogP) is 0.587. The summed E-state index contributed by atoms with van der Waals surface area (Å²) >= 11 is 0. The Hall–Kier alpha value is -0.610. The number of nitrogens with zero attached hydrogens (tertiary/aromatic N) is 1. The maximum atomic E-state index is 11.5. The highest BCUT2D eigenvalue weighted by Gasteiger charge is 2.18. The summed E-state index contributed by atoms with van der Waals surface area (Å²) < 4.78 is 0. The molecule has 2 N–H and O–H groups in total. The van der Waals surface area contributed by atoms with E-state index in [1.54, 1.807) is 0 Å². The minimum atomic E-state index is 0.147. The lowest BCUT2D eigenvalue weighted by molar-refractivity contribution is -0.122. The first-order valence-corrected chi connectivity index (χ1v) is 6.48. The molecule has 1 heterocycles. The predicted molar refractivity (Wildman–Crippen MR) is 66.4 cm³/mol. The Kier molecular flexibility index (Phi) is 6.42. The Morgan fingerprint density at radius 3 is 2.88 bits per heavy atom. The molecule has 0 spiro atoms. The highest BCUT2D eigenvalue weighted by Crippen LogP contribution is 2.07. The van der Waals surface area contributed by atoms with Gasteiger partial charge in [-0.2, -0.15) is 0 Å². The highest BCUT2D eigenvalue weighted by molar-refractivity contribution is 5.77. The topological polar surface area (TPSA) is 44.4 Å². The molecule has 1 amide bonds. The summed E-state index contributed by atoms with van der Waals surface area (Å²) in [6, 6.07) is 0.584. The third kappa shape index (κ3) is 4.94. The van der Waals surface area contributed by atoms with Crippen LogP contribution in [0.25, 0.3) is 0 Å². The van der Waals surface area contributed by atoms with Gasteiger partial charge in [0.1, 0.15) is 0 Å². The summed E-state index contributed by atoms with van der Waals surface area (Å²) in [6.45, 7) is 8.53. The second-order valence-electron chi connectivity index (χ2n) is 4.48. The monoisotopic (exact) mass is 227 g/mol. The zero-order chi connectivity index (χ0) is 11.8. The van der Waals surface area contributed by atoms with E-state index in [1.165, 1.54) is 12.8 Å². The Labute approximate surface area is 98.8 Å². The summed E-state index contributed by atoms with van der Waals surface area (Å²) in [5, 5.41) is 6.34. The van der Waals surface area contributed by atoms with Crippen LogP contribution in [0.4, 0.5) is 0 Å². The van der Waals surface area contributed by atoms with Crippen LogP contribution in [0.5, 0.6) is 0 Å². The average Bonchev–Trinajstić information content (AvgIpc) is 2.71. The van der Waals surface area contributed by atoms with E-state index in [9.17, 15) is 4.79 Å². The van der Waals surface area contributed by atoms with Crippen molar-refractivity contribution in [2.24, 2.45) is 0 Å². The first-order chi connectivity index (χ1) is 7.76. The quantitative estimate of drug-likeness (QED) is 0.669.